The van der Waals surface area contributed by atoms with Crippen LogP contribution in [0.4, 0.5) is 0 Å². The number of rotatable bonds is 22. The Morgan fingerprint density at radius 3 is 1.47 bits per heavy atom. The third kappa shape index (κ3) is 30.9. The van der Waals surface area contributed by atoms with Crippen LogP contribution in [-0.4, -0.2) is 70.4 Å². The van der Waals surface area contributed by atoms with Gasteiger partial charge < -0.3 is 51.1 Å². The van der Waals surface area contributed by atoms with Crippen molar-refractivity contribution in [3.05, 3.63) is 124 Å². The summed E-state index contributed by atoms with van der Waals surface area (Å²) in [6, 6.07) is 0. The summed E-state index contributed by atoms with van der Waals surface area (Å²) in [7, 11) is -10.1. The molecule has 374 valence electrons. The molecule has 66 heavy (non-hydrogen) atoms. The SMILES string of the molecule is C=CCn1cc[n+](CC[n+]2ccn(CC=C)c2)c1.C=CCn1cc[n+](CC[n+]2ccn(CC=C)c2CCCCS(=O)(=O)O)c1CCCC.Cl.O=S(=O)=O.O=S1(=O)CCCCO1.[Cl-].[Cl-].[Cl-].[Cl-].[H-].[Na+]. The molecule has 1 saturated heterocycles. The smallest absolute Gasteiger partial charge is 1.00 e. The molecule has 0 spiro atoms. The second-order valence-corrected chi connectivity index (χ2v) is 17.6. The number of nitrogens with zero attached hydrogens (tertiary/aromatic N) is 8. The van der Waals surface area contributed by atoms with E-state index in [2.05, 4.69) is 130 Å². The molecule has 1 fully saturated rings. The zero-order valence-electron chi connectivity index (χ0n) is 38.8. The summed E-state index contributed by atoms with van der Waals surface area (Å²) in [6.07, 6.45) is 35.4. The van der Waals surface area contributed by atoms with Gasteiger partial charge in [0.15, 0.2) is 0 Å². The average molecular weight is 1100 g/mol. The minimum Gasteiger partial charge on any atom is -1.00 e. The Morgan fingerprint density at radius 1 is 0.712 bits per heavy atom. The summed E-state index contributed by atoms with van der Waals surface area (Å²) in [6.45, 7) is 24.6. The maximum absolute atomic E-state index is 11.0. The van der Waals surface area contributed by atoms with E-state index in [9.17, 15) is 16.8 Å². The van der Waals surface area contributed by atoms with Crippen molar-refractivity contribution in [3.63, 3.8) is 0 Å². The second kappa shape index (κ2) is 40.6. The number of hydrogen-bond donors (Lipinski definition) is 1. The zero-order chi connectivity index (χ0) is 44.4. The van der Waals surface area contributed by atoms with Crippen molar-refractivity contribution in [2.45, 2.75) is 111 Å². The van der Waals surface area contributed by atoms with Gasteiger partial charge in [-0.15, -0.1) is 25.0 Å². The molecule has 0 aliphatic carbocycles. The molecule has 0 saturated carbocycles. The van der Waals surface area contributed by atoms with Gasteiger partial charge in [0.1, 0.15) is 102 Å². The minimum absolute atomic E-state index is 0. The Labute approximate surface area is 448 Å². The van der Waals surface area contributed by atoms with Crippen molar-refractivity contribution in [1.82, 2.24) is 18.3 Å². The second-order valence-electron chi connectivity index (χ2n) is 13.8. The van der Waals surface area contributed by atoms with Gasteiger partial charge in [-0.25, -0.2) is 36.5 Å². The minimum atomic E-state index is -3.90. The van der Waals surface area contributed by atoms with E-state index in [0.29, 0.717) is 26.0 Å². The molecule has 5 heterocycles. The first kappa shape index (κ1) is 72.7. The molecule has 0 radical (unpaired) electrons. The topological polar surface area (TPSA) is 184 Å². The van der Waals surface area contributed by atoms with Crippen LogP contribution in [0, 0.1) is 0 Å². The maximum atomic E-state index is 11.0. The van der Waals surface area contributed by atoms with Crippen molar-refractivity contribution in [1.29, 1.82) is 0 Å². The Hall–Kier alpha value is -2.31. The van der Waals surface area contributed by atoms with Gasteiger partial charge in [0, 0.05) is 12.8 Å². The molecule has 4 aromatic rings. The first-order valence-electron chi connectivity index (χ1n) is 19.9. The van der Waals surface area contributed by atoms with Crippen LogP contribution in [0.2, 0.25) is 0 Å². The number of aromatic nitrogens is 8. The molecule has 17 nitrogen and oxygen atoms in total. The molecule has 0 amide bonds. The fourth-order valence-electron chi connectivity index (χ4n) is 6.22. The number of unbranched alkanes of at least 4 members (excludes halogenated alkanes) is 2. The van der Waals surface area contributed by atoms with E-state index in [1.807, 2.05) is 30.5 Å². The predicted molar refractivity (Wildman–Crippen MR) is 234 cm³/mol. The van der Waals surface area contributed by atoms with Crippen LogP contribution in [0.25, 0.3) is 0 Å². The van der Waals surface area contributed by atoms with Gasteiger partial charge >= 0.3 is 40.2 Å². The Morgan fingerprint density at radius 2 is 1.14 bits per heavy atom. The van der Waals surface area contributed by atoms with Gasteiger partial charge in [0.2, 0.25) is 12.7 Å². The van der Waals surface area contributed by atoms with Crippen LogP contribution in [0.3, 0.4) is 0 Å². The molecule has 0 atom stereocenters. The van der Waals surface area contributed by atoms with Crippen LogP contribution in [0.15, 0.2) is 113 Å². The quantitative estimate of drug-likeness (QED) is 0.0200. The molecule has 5 rings (SSSR count). The van der Waals surface area contributed by atoms with Crippen LogP contribution >= 0.6 is 12.4 Å². The molecule has 4 aromatic heterocycles. The van der Waals surface area contributed by atoms with Crippen LogP contribution in [-0.2, 0) is 100 Å². The molecule has 26 heteroatoms. The van der Waals surface area contributed by atoms with Crippen molar-refractivity contribution in [3.8, 4) is 0 Å². The molecule has 0 bridgehead atoms. The predicted octanol–water partition coefficient (Wildman–Crippen LogP) is -11.9. The molecule has 1 aliphatic heterocycles. The van der Waals surface area contributed by atoms with Crippen molar-refractivity contribution < 1.29 is 137 Å². The Balaban J connectivity index is -0.000000215. The summed E-state index contributed by atoms with van der Waals surface area (Å²) in [5.74, 6) is 2.47. The summed E-state index contributed by atoms with van der Waals surface area (Å²) in [5.41, 5.74) is 0. The van der Waals surface area contributed by atoms with Gasteiger partial charge in [-0.1, -0.05) is 64.0 Å². The van der Waals surface area contributed by atoms with Gasteiger partial charge in [0.25, 0.3) is 31.9 Å². The van der Waals surface area contributed by atoms with Crippen LogP contribution in [0.1, 0.15) is 58.5 Å². The third-order valence-electron chi connectivity index (χ3n) is 9.06. The summed E-state index contributed by atoms with van der Waals surface area (Å²) in [4.78, 5) is 0. The van der Waals surface area contributed by atoms with E-state index >= 15 is 0 Å². The summed E-state index contributed by atoms with van der Waals surface area (Å²) >= 11 is 0. The van der Waals surface area contributed by atoms with E-state index in [1.54, 1.807) is 0 Å². The van der Waals surface area contributed by atoms with Crippen molar-refractivity contribution >= 4 is 43.3 Å². The number of imidazole rings is 4. The van der Waals surface area contributed by atoms with E-state index in [4.69, 9.17) is 17.2 Å². The normalized spacial score (nSPS) is 11.8. The molecular weight excluding hydrogens is 1030 g/mol. The fourth-order valence-corrected chi connectivity index (χ4v) is 7.84. The van der Waals surface area contributed by atoms with Gasteiger partial charge in [-0.3, -0.25) is 8.74 Å². The number of hydrogen-bond acceptors (Lipinski definition) is 8. The molecule has 0 aromatic carbocycles. The molecule has 1 aliphatic rings. The van der Waals surface area contributed by atoms with Gasteiger partial charge in [-0.2, -0.15) is 16.8 Å². The average Bonchev–Trinajstić information content (AvgIpc) is 4.00. The third-order valence-corrected chi connectivity index (χ3v) is 11.2. The first-order valence-corrected chi connectivity index (χ1v) is 24.1. The number of aryl methyl sites for hydroxylation is 4. The molecule has 0 unspecified atom stereocenters. The van der Waals surface area contributed by atoms with E-state index in [-0.39, 0.29) is 105 Å². The number of halogens is 5. The largest absolute Gasteiger partial charge is 1.00 e. The Kier molecular flexibility index (Phi) is 44.7. The fraction of sp³-hybridized carbons (Fsp3) is 0.500. The molecular formula is C40H66Cl5N8NaO9S3. The first-order chi connectivity index (χ1) is 28.6. The van der Waals surface area contributed by atoms with Crippen LogP contribution in [0.5, 0.6) is 0 Å². The van der Waals surface area contributed by atoms with Crippen molar-refractivity contribution in [2.75, 3.05) is 18.1 Å². The van der Waals surface area contributed by atoms with Crippen molar-refractivity contribution in [2.24, 2.45) is 0 Å². The van der Waals surface area contributed by atoms with E-state index in [1.165, 1.54) is 5.82 Å². The molecule has 1 N–H and O–H groups in total. The van der Waals surface area contributed by atoms with E-state index in [0.717, 1.165) is 90.2 Å². The Bertz CT molecular complexity index is 2230. The van der Waals surface area contributed by atoms with Crippen LogP contribution < -0.4 is 97.5 Å². The summed E-state index contributed by atoms with van der Waals surface area (Å²) in [5, 5.41) is 0. The van der Waals surface area contributed by atoms with Gasteiger partial charge in [-0.05, 0) is 32.1 Å². The standard InChI is InChI=1S/C22H35N4O3S.C14H20N4.C4H8O3S.5ClH.Na.O3S.H/c1-4-7-10-21-23(12-5-2)14-16-25(21)18-19-26-17-15-24(13-6-3)22(26)11-8-9-20-30(27,28)29;1-3-5-15-7-9-17(13-15)11-12-18-10-8-16(14-18)6-4-2;5-8(6)4-2-1-3-7-8;;;;;;;1-4(2)3;/h5-6,14-17H,2-4,7-13,18-20H2,1H3;3-4,7-10,13-14H,1-2,5-6,11-12H2;1-4H2;5*1H;;;/q+1;+2;;;;;;;+1;;-1/p-3. The van der Waals surface area contributed by atoms with Gasteiger partial charge in [0.05, 0.1) is 18.1 Å². The zero-order valence-corrected chi connectivity index (χ0v) is 46.1. The van der Waals surface area contributed by atoms with E-state index < -0.39 is 30.8 Å². The number of allylic oxidation sites excluding steroid dienone is 4. The monoisotopic (exact) mass is 1100 g/mol. The summed E-state index contributed by atoms with van der Waals surface area (Å²) < 4.78 is 99.0. The maximum Gasteiger partial charge on any atom is 1.00 e.